The Morgan fingerprint density at radius 1 is 1.38 bits per heavy atom. The molecule has 112 valence electrons. The Bertz CT molecular complexity index is 679. The van der Waals surface area contributed by atoms with Gasteiger partial charge in [0.1, 0.15) is 6.04 Å². The fourth-order valence-corrected chi connectivity index (χ4v) is 2.28. The second-order valence-corrected chi connectivity index (χ2v) is 5.12. The topological polar surface area (TPSA) is 82.2 Å². The van der Waals surface area contributed by atoms with E-state index in [0.717, 1.165) is 23.7 Å². The first-order valence-electron chi connectivity index (χ1n) is 7.19. The summed E-state index contributed by atoms with van der Waals surface area (Å²) in [5.41, 5.74) is 1.16. The molecule has 0 saturated heterocycles. The summed E-state index contributed by atoms with van der Waals surface area (Å²) < 4.78 is 0. The van der Waals surface area contributed by atoms with Crippen molar-refractivity contribution in [2.45, 2.75) is 38.8 Å². The number of unbranched alkanes of at least 4 members (excludes halogenated alkanes) is 1. The quantitative estimate of drug-likeness (QED) is 0.730. The van der Waals surface area contributed by atoms with Gasteiger partial charge in [-0.3, -0.25) is 9.59 Å². The van der Waals surface area contributed by atoms with Crippen molar-refractivity contribution in [3.8, 4) is 0 Å². The molecule has 0 radical (unpaired) electrons. The summed E-state index contributed by atoms with van der Waals surface area (Å²) in [4.78, 5) is 26.0. The summed E-state index contributed by atoms with van der Waals surface area (Å²) in [6.45, 7) is 2.27. The number of pyridine rings is 1. The van der Waals surface area contributed by atoms with Crippen LogP contribution in [0.4, 0.5) is 0 Å². The average Bonchev–Trinajstić information content (AvgIpc) is 2.47. The second kappa shape index (κ2) is 7.04. The van der Waals surface area contributed by atoms with E-state index in [-0.39, 0.29) is 12.1 Å². The third kappa shape index (κ3) is 3.92. The Kier molecular flexibility index (Phi) is 5.11. The van der Waals surface area contributed by atoms with Crippen LogP contribution in [-0.4, -0.2) is 22.1 Å². The number of carboxylic acids is 1. The first kappa shape index (κ1) is 15.3. The number of carboxylic acid groups (broad SMARTS) is 1. The minimum atomic E-state index is -0.874. The van der Waals surface area contributed by atoms with Crippen LogP contribution in [-0.2, 0) is 11.3 Å². The standard InChI is InChI=1S/C16H20N2O3/c1-2-3-7-14(16(20)21)17-10-12-9-11-6-4-5-8-13(11)18-15(12)19/h4-6,8-9,14,17H,2-3,7,10H2,1H3,(H,18,19)(H,20,21)/t14-/m0/s1. The number of aromatic nitrogens is 1. The third-order valence-electron chi connectivity index (χ3n) is 3.51. The first-order chi connectivity index (χ1) is 10.1. The highest BCUT2D eigenvalue weighted by Crippen LogP contribution is 2.10. The lowest BCUT2D eigenvalue weighted by Crippen LogP contribution is -2.37. The third-order valence-corrected chi connectivity index (χ3v) is 3.51. The second-order valence-electron chi connectivity index (χ2n) is 5.12. The van der Waals surface area contributed by atoms with Crippen molar-refractivity contribution < 1.29 is 9.90 Å². The Labute approximate surface area is 123 Å². The monoisotopic (exact) mass is 288 g/mol. The molecule has 0 saturated carbocycles. The van der Waals surface area contributed by atoms with Gasteiger partial charge in [0.2, 0.25) is 0 Å². The van der Waals surface area contributed by atoms with Crippen molar-refractivity contribution >= 4 is 16.9 Å². The van der Waals surface area contributed by atoms with Crippen LogP contribution in [0.15, 0.2) is 35.1 Å². The number of hydrogen-bond donors (Lipinski definition) is 3. The number of carbonyl (C=O) groups is 1. The van der Waals surface area contributed by atoms with Crippen LogP contribution in [0.3, 0.4) is 0 Å². The molecule has 1 aromatic carbocycles. The maximum absolute atomic E-state index is 12.0. The summed E-state index contributed by atoms with van der Waals surface area (Å²) in [6.07, 6.45) is 2.36. The van der Waals surface area contributed by atoms with Crippen molar-refractivity contribution in [2.75, 3.05) is 0 Å². The van der Waals surface area contributed by atoms with Gasteiger partial charge in [0.15, 0.2) is 0 Å². The van der Waals surface area contributed by atoms with Crippen LogP contribution in [0, 0.1) is 0 Å². The van der Waals surface area contributed by atoms with Crippen molar-refractivity contribution in [3.63, 3.8) is 0 Å². The Morgan fingerprint density at radius 2 is 2.14 bits per heavy atom. The lowest BCUT2D eigenvalue weighted by Gasteiger charge is -2.13. The number of nitrogens with one attached hydrogen (secondary N) is 2. The van der Waals surface area contributed by atoms with Gasteiger partial charge in [-0.1, -0.05) is 38.0 Å². The molecule has 0 amide bonds. The van der Waals surface area contributed by atoms with E-state index in [1.807, 2.05) is 31.2 Å². The highest BCUT2D eigenvalue weighted by molar-refractivity contribution is 5.78. The van der Waals surface area contributed by atoms with Crippen LogP contribution in [0.25, 0.3) is 10.9 Å². The van der Waals surface area contributed by atoms with E-state index in [1.165, 1.54) is 0 Å². The zero-order valence-electron chi connectivity index (χ0n) is 12.1. The lowest BCUT2D eigenvalue weighted by molar-refractivity contribution is -0.139. The molecule has 1 heterocycles. The molecule has 21 heavy (non-hydrogen) atoms. The van der Waals surface area contributed by atoms with Crippen molar-refractivity contribution in [3.05, 3.63) is 46.2 Å². The first-order valence-corrected chi connectivity index (χ1v) is 7.19. The van der Waals surface area contributed by atoms with E-state index in [9.17, 15) is 14.7 Å². The summed E-state index contributed by atoms with van der Waals surface area (Å²) in [5.74, 6) is -0.874. The fourth-order valence-electron chi connectivity index (χ4n) is 2.28. The van der Waals surface area contributed by atoms with E-state index >= 15 is 0 Å². The molecule has 3 N–H and O–H groups in total. The minimum Gasteiger partial charge on any atom is -0.480 e. The maximum atomic E-state index is 12.0. The van der Waals surface area contributed by atoms with Gasteiger partial charge in [-0.15, -0.1) is 0 Å². The number of benzene rings is 1. The van der Waals surface area contributed by atoms with E-state index < -0.39 is 12.0 Å². The SMILES string of the molecule is CCCC[C@H](NCc1cc2ccccc2[nH]c1=O)C(=O)O. The van der Waals surface area contributed by atoms with Gasteiger partial charge in [-0.25, -0.2) is 0 Å². The van der Waals surface area contributed by atoms with Crippen molar-refractivity contribution in [1.82, 2.24) is 10.3 Å². The predicted molar refractivity (Wildman–Crippen MR) is 82.4 cm³/mol. The molecule has 0 aliphatic rings. The number of fused-ring (bicyclic) bond motifs is 1. The van der Waals surface area contributed by atoms with E-state index in [4.69, 9.17) is 0 Å². The molecule has 1 atom stereocenters. The minimum absolute atomic E-state index is 0.180. The molecule has 0 bridgehead atoms. The van der Waals surface area contributed by atoms with E-state index in [0.29, 0.717) is 12.0 Å². The molecular weight excluding hydrogens is 268 g/mol. The number of H-pyrrole nitrogens is 1. The van der Waals surface area contributed by atoms with Crippen molar-refractivity contribution in [1.29, 1.82) is 0 Å². The van der Waals surface area contributed by atoms with Crippen LogP contribution in [0.2, 0.25) is 0 Å². The summed E-state index contributed by atoms with van der Waals surface area (Å²) in [6, 6.07) is 8.71. The fraction of sp³-hybridized carbons (Fsp3) is 0.375. The van der Waals surface area contributed by atoms with Crippen LogP contribution in [0.5, 0.6) is 0 Å². The molecule has 0 aliphatic heterocycles. The largest absolute Gasteiger partial charge is 0.480 e. The van der Waals surface area contributed by atoms with Gasteiger partial charge in [0, 0.05) is 17.6 Å². The Morgan fingerprint density at radius 3 is 2.86 bits per heavy atom. The number of aromatic amines is 1. The molecule has 2 rings (SSSR count). The Balaban J connectivity index is 2.13. The van der Waals surface area contributed by atoms with Crippen LogP contribution >= 0.6 is 0 Å². The zero-order chi connectivity index (χ0) is 15.2. The van der Waals surface area contributed by atoms with E-state index in [1.54, 1.807) is 6.07 Å². The molecule has 0 unspecified atom stereocenters. The normalized spacial score (nSPS) is 12.4. The molecule has 5 heteroatoms. The number of hydrogen-bond acceptors (Lipinski definition) is 3. The van der Waals surface area contributed by atoms with E-state index in [2.05, 4.69) is 10.3 Å². The van der Waals surface area contributed by atoms with Gasteiger partial charge >= 0.3 is 5.97 Å². The summed E-state index contributed by atoms with van der Waals surface area (Å²) >= 11 is 0. The van der Waals surface area contributed by atoms with Gasteiger partial charge in [-0.05, 0) is 23.9 Å². The van der Waals surface area contributed by atoms with Gasteiger partial charge in [-0.2, -0.15) is 0 Å². The molecule has 0 fully saturated rings. The lowest BCUT2D eigenvalue weighted by atomic mass is 10.1. The smallest absolute Gasteiger partial charge is 0.320 e. The number of aliphatic carboxylic acids is 1. The molecule has 2 aromatic rings. The van der Waals surface area contributed by atoms with Gasteiger partial charge in [0.05, 0.1) is 0 Å². The molecule has 5 nitrogen and oxygen atoms in total. The van der Waals surface area contributed by atoms with Gasteiger partial charge < -0.3 is 15.4 Å². The molecule has 0 spiro atoms. The maximum Gasteiger partial charge on any atom is 0.320 e. The van der Waals surface area contributed by atoms with Crippen LogP contribution < -0.4 is 10.9 Å². The molecular formula is C16H20N2O3. The van der Waals surface area contributed by atoms with Crippen molar-refractivity contribution in [2.24, 2.45) is 0 Å². The highest BCUT2D eigenvalue weighted by Gasteiger charge is 2.16. The Hall–Kier alpha value is -2.14. The zero-order valence-corrected chi connectivity index (χ0v) is 12.1. The summed E-state index contributed by atoms with van der Waals surface area (Å²) in [7, 11) is 0. The molecule has 1 aromatic heterocycles. The summed E-state index contributed by atoms with van der Waals surface area (Å²) in [5, 5.41) is 13.1. The number of para-hydroxylation sites is 1. The number of rotatable bonds is 7. The predicted octanol–water partition coefficient (Wildman–Crippen LogP) is 2.26. The molecule has 0 aliphatic carbocycles. The average molecular weight is 288 g/mol. The van der Waals surface area contributed by atoms with Gasteiger partial charge in [0.25, 0.3) is 5.56 Å². The van der Waals surface area contributed by atoms with Crippen LogP contribution in [0.1, 0.15) is 31.7 Å². The highest BCUT2D eigenvalue weighted by atomic mass is 16.4.